The molecular formula is C29H43N5O4. The number of likely N-dealkylation sites (N-methyl/N-ethyl adjacent to an activating group) is 1. The van der Waals surface area contributed by atoms with E-state index in [0.29, 0.717) is 12.6 Å². The molecule has 2 bridgehead atoms. The standard InChI is InChI=1S/C29H43N5O4/c1-6-34(16-18-7-8-18)22-13-19-9-10-21(36-4)24-23(19)27(3)26(38-24)29(37-5)12-11-28(22,27)14-20(29)15-31-25(35)17(2)32-33-30/h9-10,17-18,20,22,26H,6-8,11-16H2,1-5H3,(H2,30,32)(H,31,35)/t17-,20+,22+,26?,27-,28+,29+/m0/s1. The molecule has 1 aliphatic heterocycles. The molecule has 38 heavy (non-hydrogen) atoms. The summed E-state index contributed by atoms with van der Waals surface area (Å²) in [7, 11) is 3.54. The van der Waals surface area contributed by atoms with Crippen LogP contribution < -0.4 is 20.6 Å². The topological polar surface area (TPSA) is 111 Å². The predicted octanol–water partition coefficient (Wildman–Crippen LogP) is 3.39. The van der Waals surface area contributed by atoms with Crippen molar-refractivity contribution < 1.29 is 19.0 Å². The van der Waals surface area contributed by atoms with Crippen LogP contribution in [-0.4, -0.2) is 68.4 Å². The molecular weight excluding hydrogens is 482 g/mol. The van der Waals surface area contributed by atoms with Crippen LogP contribution in [0.2, 0.25) is 0 Å². The zero-order chi connectivity index (χ0) is 26.9. The number of nitrogens with two attached hydrogens (primary N) is 1. The van der Waals surface area contributed by atoms with Gasteiger partial charge in [-0.3, -0.25) is 9.69 Å². The van der Waals surface area contributed by atoms with Crippen molar-refractivity contribution in [2.24, 2.45) is 33.4 Å². The van der Waals surface area contributed by atoms with Crippen molar-refractivity contribution in [1.29, 1.82) is 0 Å². The number of methoxy groups -OCH3 is 2. The van der Waals surface area contributed by atoms with Crippen molar-refractivity contribution in [1.82, 2.24) is 10.2 Å². The van der Waals surface area contributed by atoms with Gasteiger partial charge in [0.05, 0.1) is 7.11 Å². The molecule has 1 aromatic rings. The van der Waals surface area contributed by atoms with E-state index in [1.54, 1.807) is 14.0 Å². The van der Waals surface area contributed by atoms with Gasteiger partial charge in [-0.25, -0.2) is 0 Å². The van der Waals surface area contributed by atoms with Crippen LogP contribution in [0.5, 0.6) is 11.5 Å². The van der Waals surface area contributed by atoms with E-state index in [0.717, 1.165) is 49.6 Å². The Morgan fingerprint density at radius 3 is 2.76 bits per heavy atom. The molecule has 1 spiro atoms. The lowest BCUT2D eigenvalue weighted by Crippen LogP contribution is -2.78. The van der Waals surface area contributed by atoms with E-state index >= 15 is 0 Å². The first kappa shape index (κ1) is 25.9. The molecule has 1 amide bonds. The zero-order valence-corrected chi connectivity index (χ0v) is 23.5. The summed E-state index contributed by atoms with van der Waals surface area (Å²) in [5.74, 6) is 7.66. The largest absolute Gasteiger partial charge is 0.493 e. The van der Waals surface area contributed by atoms with Gasteiger partial charge in [-0.15, -0.1) is 0 Å². The first-order valence-corrected chi connectivity index (χ1v) is 14.3. The van der Waals surface area contributed by atoms with Gasteiger partial charge in [-0.1, -0.05) is 25.1 Å². The number of benzene rings is 1. The van der Waals surface area contributed by atoms with Gasteiger partial charge in [0.15, 0.2) is 11.5 Å². The van der Waals surface area contributed by atoms with E-state index in [1.165, 1.54) is 30.5 Å². The molecule has 9 heteroatoms. The Labute approximate surface area is 225 Å². The molecule has 4 saturated carbocycles. The first-order valence-electron chi connectivity index (χ1n) is 14.3. The van der Waals surface area contributed by atoms with Gasteiger partial charge in [0.2, 0.25) is 5.91 Å². The van der Waals surface area contributed by atoms with Crippen molar-refractivity contribution in [2.45, 2.75) is 88.5 Å². The number of rotatable bonds is 10. The number of nitrogens with zero attached hydrogens (tertiary/aromatic N) is 3. The Bertz CT molecular complexity index is 1140. The maximum atomic E-state index is 12.8. The average Bonchev–Trinajstić information content (AvgIpc) is 3.68. The lowest BCUT2D eigenvalue weighted by atomic mass is 9.37. The SMILES string of the molecule is CCN(CC1CC1)[C@@H]1Cc2ccc(OC)c3c2[C@@]2(C)C(O3)[C@@]3(OC)CC[C@@]12C[C@@H]3CNC(=O)[C@H](C)N=NN. The molecule has 7 atom stereocenters. The Kier molecular flexibility index (Phi) is 6.18. The molecule has 1 unspecified atom stereocenters. The van der Waals surface area contributed by atoms with E-state index in [4.69, 9.17) is 20.1 Å². The van der Waals surface area contributed by atoms with E-state index in [-0.39, 0.29) is 28.8 Å². The van der Waals surface area contributed by atoms with E-state index in [1.807, 2.05) is 7.11 Å². The van der Waals surface area contributed by atoms with Crippen molar-refractivity contribution in [2.75, 3.05) is 33.9 Å². The normalized spacial score (nSPS) is 37.3. The quantitative estimate of drug-likeness (QED) is 0.275. The van der Waals surface area contributed by atoms with Gasteiger partial charge in [-0.2, -0.15) is 5.11 Å². The summed E-state index contributed by atoms with van der Waals surface area (Å²) < 4.78 is 19.3. The molecule has 6 aliphatic rings. The summed E-state index contributed by atoms with van der Waals surface area (Å²) in [4.78, 5) is 15.6. The van der Waals surface area contributed by atoms with Crippen molar-refractivity contribution in [3.8, 4) is 11.5 Å². The van der Waals surface area contributed by atoms with Gasteiger partial charge in [0.25, 0.3) is 0 Å². The summed E-state index contributed by atoms with van der Waals surface area (Å²) in [6.45, 7) is 9.18. The maximum Gasteiger partial charge on any atom is 0.246 e. The number of nitrogens with one attached hydrogen (secondary N) is 1. The third-order valence-electron chi connectivity index (χ3n) is 11.1. The van der Waals surface area contributed by atoms with Crippen LogP contribution >= 0.6 is 0 Å². The molecule has 1 aromatic carbocycles. The highest BCUT2D eigenvalue weighted by molar-refractivity contribution is 5.81. The fourth-order valence-corrected chi connectivity index (χ4v) is 9.03. The van der Waals surface area contributed by atoms with Crippen LogP contribution in [0.1, 0.15) is 64.0 Å². The minimum atomic E-state index is -0.627. The van der Waals surface area contributed by atoms with Crippen LogP contribution in [0.15, 0.2) is 22.5 Å². The summed E-state index contributed by atoms with van der Waals surface area (Å²) in [6.07, 6.45) is 6.52. The minimum absolute atomic E-state index is 0.00540. The summed E-state index contributed by atoms with van der Waals surface area (Å²) in [6, 6.07) is 4.13. The van der Waals surface area contributed by atoms with Crippen LogP contribution in [0.4, 0.5) is 0 Å². The number of ether oxygens (including phenoxy) is 3. The second-order valence-corrected chi connectivity index (χ2v) is 12.5. The van der Waals surface area contributed by atoms with E-state index in [2.05, 4.69) is 46.5 Å². The summed E-state index contributed by atoms with van der Waals surface area (Å²) in [5, 5.41) is 10.3. The minimum Gasteiger partial charge on any atom is -0.493 e. The van der Waals surface area contributed by atoms with Crippen molar-refractivity contribution >= 4 is 5.91 Å². The van der Waals surface area contributed by atoms with Crippen LogP contribution in [0.25, 0.3) is 0 Å². The van der Waals surface area contributed by atoms with E-state index < -0.39 is 11.6 Å². The predicted molar refractivity (Wildman–Crippen MR) is 143 cm³/mol. The van der Waals surface area contributed by atoms with Gasteiger partial charge in [-0.05, 0) is 75.0 Å². The lowest BCUT2D eigenvalue weighted by Gasteiger charge is -2.71. The number of fused-ring (bicyclic) bond motifs is 2. The van der Waals surface area contributed by atoms with Crippen molar-refractivity contribution in [3.63, 3.8) is 0 Å². The Hall–Kier alpha value is -2.39. The Morgan fingerprint density at radius 2 is 2.11 bits per heavy atom. The number of hydrogen-bond donors (Lipinski definition) is 2. The first-order chi connectivity index (χ1) is 18.3. The van der Waals surface area contributed by atoms with Gasteiger partial charge >= 0.3 is 0 Å². The Morgan fingerprint density at radius 1 is 1.32 bits per heavy atom. The number of carbonyl (C=O) groups is 1. The van der Waals surface area contributed by atoms with Gasteiger partial charge in [0, 0.05) is 43.1 Å². The summed E-state index contributed by atoms with van der Waals surface area (Å²) in [5.41, 5.74) is 2.01. The second kappa shape index (κ2) is 9.08. The number of carbonyl (C=O) groups excluding carboxylic acids is 1. The molecule has 7 rings (SSSR count). The molecule has 4 fully saturated rings. The molecule has 208 valence electrons. The molecule has 0 aromatic heterocycles. The average molecular weight is 526 g/mol. The highest BCUT2D eigenvalue weighted by Crippen LogP contribution is 2.74. The fraction of sp³-hybridized carbons (Fsp3) is 0.759. The lowest BCUT2D eigenvalue weighted by molar-refractivity contribution is -0.258. The zero-order valence-electron chi connectivity index (χ0n) is 23.5. The molecule has 1 heterocycles. The van der Waals surface area contributed by atoms with Crippen LogP contribution in [0, 0.1) is 17.3 Å². The van der Waals surface area contributed by atoms with Gasteiger partial charge < -0.3 is 25.4 Å². The summed E-state index contributed by atoms with van der Waals surface area (Å²) >= 11 is 0. The van der Waals surface area contributed by atoms with Gasteiger partial charge in [0.1, 0.15) is 17.7 Å². The highest BCUT2D eigenvalue weighted by atomic mass is 16.6. The smallest absolute Gasteiger partial charge is 0.246 e. The Balaban J connectivity index is 1.45. The molecule has 0 saturated heterocycles. The molecule has 9 nitrogen and oxygen atoms in total. The second-order valence-electron chi connectivity index (χ2n) is 12.5. The van der Waals surface area contributed by atoms with E-state index in [9.17, 15) is 4.79 Å². The third-order valence-corrected chi connectivity index (χ3v) is 11.1. The van der Waals surface area contributed by atoms with Crippen LogP contribution in [0.3, 0.4) is 0 Å². The molecule has 3 N–H and O–H groups in total. The number of amides is 1. The number of hydrogen-bond acceptors (Lipinski definition) is 7. The molecule has 5 aliphatic carbocycles. The molecule has 0 radical (unpaired) electrons. The third kappa shape index (κ3) is 3.33. The monoisotopic (exact) mass is 525 g/mol. The maximum absolute atomic E-state index is 12.8. The van der Waals surface area contributed by atoms with Crippen LogP contribution in [-0.2, 0) is 21.4 Å². The van der Waals surface area contributed by atoms with Crippen molar-refractivity contribution in [3.05, 3.63) is 23.3 Å². The highest BCUT2D eigenvalue weighted by Gasteiger charge is 2.78. The fourth-order valence-electron chi connectivity index (χ4n) is 9.03.